The standard InChI is InChI=1S/C36H38N4O5S/c1-4-45-36(42)28-16-21-31-32(24-28)38-35(41)33(31)34(27-14-9-6-10-15-27)37-29-17-19-30(20-18-29)40(46(3,43)44)23-11-22-39(2)25-26-12-7-5-8-13-26/h5-10,12-21,24,37H,4,11,22-23,25H2,1-3H3,(H,38,41)/b34-33-. The Bertz CT molecular complexity index is 1830. The van der Waals surface area contributed by atoms with Gasteiger partial charge in [0.05, 0.1) is 41.1 Å². The first-order valence-corrected chi connectivity index (χ1v) is 17.0. The van der Waals surface area contributed by atoms with Crippen molar-refractivity contribution in [1.82, 2.24) is 4.90 Å². The molecule has 0 saturated heterocycles. The summed E-state index contributed by atoms with van der Waals surface area (Å²) >= 11 is 0. The van der Waals surface area contributed by atoms with E-state index < -0.39 is 16.0 Å². The Morgan fingerprint density at radius 3 is 2.20 bits per heavy atom. The fourth-order valence-electron chi connectivity index (χ4n) is 5.45. The van der Waals surface area contributed by atoms with E-state index in [9.17, 15) is 18.0 Å². The maximum Gasteiger partial charge on any atom is 0.338 e. The third-order valence-electron chi connectivity index (χ3n) is 7.61. The maximum absolute atomic E-state index is 13.3. The summed E-state index contributed by atoms with van der Waals surface area (Å²) < 4.78 is 32.1. The molecule has 0 saturated carbocycles. The molecule has 9 nitrogen and oxygen atoms in total. The van der Waals surface area contributed by atoms with E-state index in [0.717, 1.165) is 18.7 Å². The zero-order valence-electron chi connectivity index (χ0n) is 26.2. The molecule has 0 fully saturated rings. The van der Waals surface area contributed by atoms with E-state index >= 15 is 0 Å². The third-order valence-corrected chi connectivity index (χ3v) is 8.80. The number of carbonyl (C=O) groups excluding carboxylic acids is 2. The molecule has 4 aromatic carbocycles. The summed E-state index contributed by atoms with van der Waals surface area (Å²) in [6.45, 7) is 3.86. The van der Waals surface area contributed by atoms with Gasteiger partial charge in [0.25, 0.3) is 5.91 Å². The van der Waals surface area contributed by atoms with Crippen LogP contribution in [-0.4, -0.2) is 58.2 Å². The number of sulfonamides is 1. The van der Waals surface area contributed by atoms with Gasteiger partial charge < -0.3 is 20.3 Å². The van der Waals surface area contributed by atoms with E-state index in [1.54, 1.807) is 49.4 Å². The van der Waals surface area contributed by atoms with Crippen molar-refractivity contribution < 1.29 is 22.7 Å². The van der Waals surface area contributed by atoms with Gasteiger partial charge >= 0.3 is 5.97 Å². The van der Waals surface area contributed by atoms with Crippen molar-refractivity contribution in [3.05, 3.63) is 125 Å². The van der Waals surface area contributed by atoms with Gasteiger partial charge in [-0.05, 0) is 74.5 Å². The first kappa shape index (κ1) is 32.5. The predicted molar refractivity (Wildman–Crippen MR) is 184 cm³/mol. The number of nitrogens with zero attached hydrogens (tertiary/aromatic N) is 2. The monoisotopic (exact) mass is 638 g/mol. The van der Waals surface area contributed by atoms with Gasteiger partial charge in [0.2, 0.25) is 10.0 Å². The molecule has 5 rings (SSSR count). The van der Waals surface area contributed by atoms with Crippen molar-refractivity contribution >= 4 is 50.2 Å². The van der Waals surface area contributed by atoms with Gasteiger partial charge in [-0.15, -0.1) is 0 Å². The molecular formula is C36H38N4O5S. The number of benzene rings is 4. The van der Waals surface area contributed by atoms with E-state index in [1.807, 2.05) is 55.6 Å². The first-order chi connectivity index (χ1) is 22.1. The number of hydrogen-bond acceptors (Lipinski definition) is 7. The highest BCUT2D eigenvalue weighted by Gasteiger charge is 2.29. The lowest BCUT2D eigenvalue weighted by molar-refractivity contribution is -0.110. The normalized spacial score (nSPS) is 13.6. The van der Waals surface area contributed by atoms with E-state index in [4.69, 9.17) is 4.74 Å². The fourth-order valence-corrected chi connectivity index (χ4v) is 6.41. The Balaban J connectivity index is 1.37. The smallest absolute Gasteiger partial charge is 0.338 e. The Hall–Kier alpha value is -4.93. The van der Waals surface area contributed by atoms with Gasteiger partial charge in [0.15, 0.2) is 0 Å². The van der Waals surface area contributed by atoms with Gasteiger partial charge in [-0.1, -0.05) is 66.7 Å². The number of fused-ring (bicyclic) bond motifs is 1. The Labute approximate surface area is 270 Å². The number of amides is 1. The molecular weight excluding hydrogens is 600 g/mol. The molecule has 10 heteroatoms. The zero-order chi connectivity index (χ0) is 32.7. The minimum Gasteiger partial charge on any atom is -0.462 e. The summed E-state index contributed by atoms with van der Waals surface area (Å²) in [4.78, 5) is 27.8. The van der Waals surface area contributed by atoms with Crippen LogP contribution in [0.3, 0.4) is 0 Å². The third kappa shape index (κ3) is 7.82. The van der Waals surface area contributed by atoms with Crippen molar-refractivity contribution in [1.29, 1.82) is 0 Å². The first-order valence-electron chi connectivity index (χ1n) is 15.1. The molecule has 0 aromatic heterocycles. The van der Waals surface area contributed by atoms with E-state index in [0.29, 0.717) is 52.4 Å². The molecule has 1 heterocycles. The highest BCUT2D eigenvalue weighted by atomic mass is 32.2. The van der Waals surface area contributed by atoms with Crippen LogP contribution in [0.5, 0.6) is 0 Å². The van der Waals surface area contributed by atoms with Crippen molar-refractivity contribution in [3.63, 3.8) is 0 Å². The lowest BCUT2D eigenvalue weighted by Crippen LogP contribution is -2.33. The summed E-state index contributed by atoms with van der Waals surface area (Å²) in [6, 6.07) is 31.8. The zero-order valence-corrected chi connectivity index (χ0v) is 27.0. The molecule has 0 radical (unpaired) electrons. The SMILES string of the molecule is CCOC(=O)c1ccc2c(c1)NC(=O)/C2=C(\Nc1ccc(N(CCCN(C)Cc2ccccc2)S(C)(=O)=O)cc1)c1ccccc1. The molecule has 0 aliphatic carbocycles. The Morgan fingerprint density at radius 1 is 0.870 bits per heavy atom. The fraction of sp³-hybridized carbons (Fsp3) is 0.222. The molecule has 1 amide bonds. The van der Waals surface area contributed by atoms with Crippen molar-refractivity contribution in [3.8, 4) is 0 Å². The predicted octanol–water partition coefficient (Wildman–Crippen LogP) is 6.08. The average Bonchev–Trinajstić information content (AvgIpc) is 3.37. The number of anilines is 3. The van der Waals surface area contributed by atoms with Crippen LogP contribution >= 0.6 is 0 Å². The topological polar surface area (TPSA) is 108 Å². The average molecular weight is 639 g/mol. The van der Waals surface area contributed by atoms with Crippen LogP contribution in [0.2, 0.25) is 0 Å². The second-order valence-electron chi connectivity index (χ2n) is 11.1. The lowest BCUT2D eigenvalue weighted by atomic mass is 9.99. The van der Waals surface area contributed by atoms with E-state index in [1.165, 1.54) is 16.1 Å². The highest BCUT2D eigenvalue weighted by molar-refractivity contribution is 7.92. The van der Waals surface area contributed by atoms with Crippen LogP contribution in [0.4, 0.5) is 17.1 Å². The van der Waals surface area contributed by atoms with Gasteiger partial charge in [0, 0.05) is 24.3 Å². The molecule has 0 unspecified atom stereocenters. The number of nitrogens with one attached hydrogen (secondary N) is 2. The van der Waals surface area contributed by atoms with E-state index in [-0.39, 0.29) is 12.5 Å². The minimum absolute atomic E-state index is 0.252. The van der Waals surface area contributed by atoms with Crippen molar-refractivity contribution in [2.24, 2.45) is 0 Å². The largest absolute Gasteiger partial charge is 0.462 e. The van der Waals surface area contributed by atoms with Crippen LogP contribution in [0.25, 0.3) is 11.3 Å². The van der Waals surface area contributed by atoms with Crippen molar-refractivity contribution in [2.45, 2.75) is 19.9 Å². The molecule has 4 aromatic rings. The quantitative estimate of drug-likeness (QED) is 0.135. The van der Waals surface area contributed by atoms with E-state index in [2.05, 4.69) is 27.7 Å². The maximum atomic E-state index is 13.3. The number of carbonyl (C=O) groups is 2. The van der Waals surface area contributed by atoms with Crippen molar-refractivity contribution in [2.75, 3.05) is 47.9 Å². The van der Waals surface area contributed by atoms with Crippen LogP contribution in [0.15, 0.2) is 103 Å². The minimum atomic E-state index is -3.52. The molecule has 238 valence electrons. The number of hydrogen-bond donors (Lipinski definition) is 2. The van der Waals surface area contributed by atoms with Crippen LogP contribution in [0.1, 0.15) is 40.4 Å². The Morgan fingerprint density at radius 2 is 1.54 bits per heavy atom. The summed E-state index contributed by atoms with van der Waals surface area (Å²) in [7, 11) is -1.49. The summed E-state index contributed by atoms with van der Waals surface area (Å²) in [5.74, 6) is -0.764. The molecule has 0 bridgehead atoms. The second kappa shape index (κ2) is 14.4. The number of esters is 1. The van der Waals surface area contributed by atoms with Gasteiger partial charge in [0.1, 0.15) is 0 Å². The van der Waals surface area contributed by atoms with Crippen LogP contribution < -0.4 is 14.9 Å². The molecule has 0 spiro atoms. The summed E-state index contributed by atoms with van der Waals surface area (Å²) in [5.41, 5.74) is 5.77. The highest BCUT2D eigenvalue weighted by Crippen LogP contribution is 2.38. The van der Waals surface area contributed by atoms with Gasteiger partial charge in [-0.2, -0.15) is 0 Å². The Kier molecular flexibility index (Phi) is 10.2. The molecule has 0 atom stereocenters. The molecule has 2 N–H and O–H groups in total. The van der Waals surface area contributed by atoms with Crippen LogP contribution in [-0.2, 0) is 26.1 Å². The molecule has 1 aliphatic rings. The van der Waals surface area contributed by atoms with Gasteiger partial charge in [-0.3, -0.25) is 9.10 Å². The summed E-state index contributed by atoms with van der Waals surface area (Å²) in [6.07, 6.45) is 1.88. The lowest BCUT2D eigenvalue weighted by Gasteiger charge is -2.24. The molecule has 46 heavy (non-hydrogen) atoms. The van der Waals surface area contributed by atoms with Crippen LogP contribution in [0, 0.1) is 0 Å². The number of ether oxygens (including phenoxy) is 1. The van der Waals surface area contributed by atoms with Gasteiger partial charge in [-0.25, -0.2) is 13.2 Å². The number of rotatable bonds is 13. The molecule has 1 aliphatic heterocycles. The second-order valence-corrected chi connectivity index (χ2v) is 13.0. The summed E-state index contributed by atoms with van der Waals surface area (Å²) in [5, 5.41) is 6.29.